The van der Waals surface area contributed by atoms with Gasteiger partial charge in [-0.3, -0.25) is 0 Å². The lowest BCUT2D eigenvalue weighted by molar-refractivity contribution is 0.432. The number of hydrogen-bond donors (Lipinski definition) is 0. The second-order valence-electron chi connectivity index (χ2n) is 4.65. The molecule has 2 atom stereocenters. The van der Waals surface area contributed by atoms with Crippen molar-refractivity contribution in [3.63, 3.8) is 0 Å². The average molecular weight is 278 g/mol. The maximum Gasteiger partial charge on any atom is 0.0628 e. The van der Waals surface area contributed by atoms with Gasteiger partial charge in [-0.15, -0.1) is 0 Å². The summed E-state index contributed by atoms with van der Waals surface area (Å²) >= 11 is 12.1. The summed E-state index contributed by atoms with van der Waals surface area (Å²) in [5.74, 6) is 0.141. The molecule has 0 radical (unpaired) electrons. The molecule has 18 heavy (non-hydrogen) atoms. The van der Waals surface area contributed by atoms with Crippen molar-refractivity contribution in [2.45, 2.75) is 18.8 Å². The smallest absolute Gasteiger partial charge is 0.0628 e. The first-order valence-corrected chi connectivity index (χ1v) is 6.51. The van der Waals surface area contributed by atoms with Gasteiger partial charge in [-0.1, -0.05) is 54.4 Å². The van der Waals surface area contributed by atoms with E-state index in [1.54, 1.807) is 6.07 Å². The molecule has 1 aliphatic carbocycles. The van der Waals surface area contributed by atoms with E-state index in [1.165, 1.54) is 0 Å². The zero-order valence-electron chi connectivity index (χ0n) is 10.0. The molecule has 1 nitrogen and oxygen atoms in total. The van der Waals surface area contributed by atoms with Gasteiger partial charge in [0.25, 0.3) is 0 Å². The number of benzene rings is 1. The topological polar surface area (TPSA) is 23.8 Å². The summed E-state index contributed by atoms with van der Waals surface area (Å²) in [4.78, 5) is 0. The van der Waals surface area contributed by atoms with Crippen LogP contribution in [0.4, 0.5) is 0 Å². The van der Waals surface area contributed by atoms with Crippen LogP contribution in [0.1, 0.15) is 18.9 Å². The van der Waals surface area contributed by atoms with Gasteiger partial charge < -0.3 is 0 Å². The molecule has 2 unspecified atom stereocenters. The fraction of sp³-hybridized carbons (Fsp3) is 0.267. The summed E-state index contributed by atoms with van der Waals surface area (Å²) in [5.41, 5.74) is 0.805. The van der Waals surface area contributed by atoms with Crippen molar-refractivity contribution in [2.75, 3.05) is 0 Å². The van der Waals surface area contributed by atoms with E-state index in [4.69, 9.17) is 28.5 Å². The lowest BCUT2D eigenvalue weighted by Gasteiger charge is -2.35. The molecule has 0 N–H and O–H groups in total. The van der Waals surface area contributed by atoms with Crippen molar-refractivity contribution < 1.29 is 0 Å². The molecule has 1 aliphatic rings. The van der Waals surface area contributed by atoms with Gasteiger partial charge in [0.15, 0.2) is 0 Å². The Morgan fingerprint density at radius 2 is 1.89 bits per heavy atom. The monoisotopic (exact) mass is 277 g/mol. The van der Waals surface area contributed by atoms with Crippen LogP contribution < -0.4 is 0 Å². The summed E-state index contributed by atoms with van der Waals surface area (Å²) < 4.78 is 0. The van der Waals surface area contributed by atoms with Gasteiger partial charge in [0.2, 0.25) is 0 Å². The lowest BCUT2D eigenvalue weighted by Crippen LogP contribution is -2.30. The predicted molar refractivity (Wildman–Crippen MR) is 75.8 cm³/mol. The number of nitrogens with zero attached hydrogens (tertiary/aromatic N) is 1. The largest absolute Gasteiger partial charge is 0.198 e. The number of allylic oxidation sites excluding steroid dienone is 4. The van der Waals surface area contributed by atoms with Gasteiger partial charge in [-0.05, 0) is 23.8 Å². The van der Waals surface area contributed by atoms with Crippen LogP contribution in [-0.4, -0.2) is 0 Å². The molecule has 0 saturated carbocycles. The first kappa shape index (κ1) is 13.2. The molecule has 92 valence electrons. The van der Waals surface area contributed by atoms with Crippen LogP contribution in [0, 0.1) is 17.2 Å². The number of hydrogen-bond acceptors (Lipinski definition) is 1. The third-order valence-corrected chi connectivity index (χ3v) is 3.90. The molecule has 0 aliphatic heterocycles. The Labute approximate surface area is 117 Å². The number of halogens is 2. The Balaban J connectivity index is 2.48. The molecular weight excluding hydrogens is 265 g/mol. The van der Waals surface area contributed by atoms with E-state index in [0.29, 0.717) is 16.5 Å². The van der Waals surface area contributed by atoms with Gasteiger partial charge >= 0.3 is 0 Å². The summed E-state index contributed by atoms with van der Waals surface area (Å²) in [6.45, 7) is 2.11. The minimum atomic E-state index is -0.237. The zero-order valence-corrected chi connectivity index (χ0v) is 11.5. The van der Waals surface area contributed by atoms with Crippen LogP contribution in [0.15, 0.2) is 42.5 Å². The van der Waals surface area contributed by atoms with Crippen molar-refractivity contribution in [1.82, 2.24) is 0 Å². The number of rotatable bonds is 2. The van der Waals surface area contributed by atoms with Gasteiger partial charge in [-0.2, -0.15) is 5.26 Å². The summed E-state index contributed by atoms with van der Waals surface area (Å²) in [7, 11) is 0. The molecule has 0 heterocycles. The standard InChI is InChI=1S/C15H13Cl2N/c1-15(6-3-2-4-11(15)5-7-18)12-8-13(16)10-14(17)9-12/h2-4,6,8-11H,5H2,1H3. The Morgan fingerprint density at radius 3 is 2.50 bits per heavy atom. The molecule has 0 bridgehead atoms. The van der Waals surface area contributed by atoms with Crippen LogP contribution in [0.25, 0.3) is 0 Å². The van der Waals surface area contributed by atoms with Crippen LogP contribution in [0.2, 0.25) is 10.0 Å². The highest BCUT2D eigenvalue weighted by Crippen LogP contribution is 2.40. The quantitative estimate of drug-likeness (QED) is 0.754. The van der Waals surface area contributed by atoms with Crippen LogP contribution in [0.5, 0.6) is 0 Å². The van der Waals surface area contributed by atoms with E-state index in [1.807, 2.05) is 24.3 Å². The molecule has 2 rings (SSSR count). The summed E-state index contributed by atoms with van der Waals surface area (Å²) in [6, 6.07) is 7.80. The third kappa shape index (κ3) is 2.46. The van der Waals surface area contributed by atoms with E-state index in [9.17, 15) is 0 Å². The minimum Gasteiger partial charge on any atom is -0.198 e. The Morgan fingerprint density at radius 1 is 1.22 bits per heavy atom. The highest BCUT2D eigenvalue weighted by atomic mass is 35.5. The summed E-state index contributed by atoms with van der Waals surface area (Å²) in [6.07, 6.45) is 8.63. The van der Waals surface area contributed by atoms with E-state index in [2.05, 4.69) is 25.1 Å². The van der Waals surface area contributed by atoms with E-state index in [0.717, 1.165) is 5.56 Å². The molecule has 0 fully saturated rings. The van der Waals surface area contributed by atoms with Crippen molar-refractivity contribution in [1.29, 1.82) is 5.26 Å². The van der Waals surface area contributed by atoms with E-state index < -0.39 is 0 Å². The van der Waals surface area contributed by atoms with Gasteiger partial charge in [0, 0.05) is 27.8 Å². The SMILES string of the molecule is CC1(c2cc(Cl)cc(Cl)c2)C=CC=CC1CC#N. The maximum atomic E-state index is 8.95. The van der Waals surface area contributed by atoms with Crippen LogP contribution >= 0.6 is 23.2 Å². The van der Waals surface area contributed by atoms with Crippen LogP contribution in [0.3, 0.4) is 0 Å². The first-order chi connectivity index (χ1) is 8.56. The van der Waals surface area contributed by atoms with E-state index >= 15 is 0 Å². The first-order valence-electron chi connectivity index (χ1n) is 5.76. The minimum absolute atomic E-state index is 0.141. The Bertz CT molecular complexity index is 534. The molecule has 1 aromatic carbocycles. The molecule has 0 aromatic heterocycles. The molecule has 1 aromatic rings. The fourth-order valence-electron chi connectivity index (χ4n) is 2.33. The fourth-order valence-corrected chi connectivity index (χ4v) is 2.86. The van der Waals surface area contributed by atoms with Crippen molar-refractivity contribution in [2.24, 2.45) is 5.92 Å². The van der Waals surface area contributed by atoms with Crippen molar-refractivity contribution >= 4 is 23.2 Å². The normalized spacial score (nSPS) is 26.0. The molecular formula is C15H13Cl2N. The highest BCUT2D eigenvalue weighted by Gasteiger charge is 2.33. The summed E-state index contributed by atoms with van der Waals surface area (Å²) in [5, 5.41) is 10.2. The average Bonchev–Trinajstić information content (AvgIpc) is 2.31. The lowest BCUT2D eigenvalue weighted by atomic mass is 9.68. The molecule has 3 heteroatoms. The molecule has 0 amide bonds. The third-order valence-electron chi connectivity index (χ3n) is 3.46. The Kier molecular flexibility index (Phi) is 3.80. The van der Waals surface area contributed by atoms with Crippen molar-refractivity contribution in [3.05, 3.63) is 58.1 Å². The predicted octanol–water partition coefficient (Wildman–Crippen LogP) is 4.91. The van der Waals surface area contributed by atoms with Crippen LogP contribution in [-0.2, 0) is 5.41 Å². The second kappa shape index (κ2) is 5.18. The molecule has 0 spiro atoms. The van der Waals surface area contributed by atoms with Gasteiger partial charge in [0.05, 0.1) is 6.07 Å². The highest BCUT2D eigenvalue weighted by molar-refractivity contribution is 6.34. The van der Waals surface area contributed by atoms with Gasteiger partial charge in [-0.25, -0.2) is 0 Å². The second-order valence-corrected chi connectivity index (χ2v) is 5.53. The van der Waals surface area contributed by atoms with E-state index in [-0.39, 0.29) is 11.3 Å². The van der Waals surface area contributed by atoms with Gasteiger partial charge in [0.1, 0.15) is 0 Å². The Hall–Kier alpha value is -1.23. The number of nitriles is 1. The zero-order chi connectivity index (χ0) is 13.2. The molecule has 0 saturated heterocycles. The maximum absolute atomic E-state index is 8.95. The van der Waals surface area contributed by atoms with Crippen molar-refractivity contribution in [3.8, 4) is 6.07 Å².